The van der Waals surface area contributed by atoms with Gasteiger partial charge in [-0.05, 0) is 37.0 Å². The maximum absolute atomic E-state index is 16.8. The summed E-state index contributed by atoms with van der Waals surface area (Å²) in [7, 11) is 0. The van der Waals surface area contributed by atoms with E-state index in [1.165, 1.54) is 0 Å². The third-order valence-corrected chi connectivity index (χ3v) is 10.0. The Balaban J connectivity index is 1.49. The fraction of sp³-hybridized carbons (Fsp3) is 0.433. The van der Waals surface area contributed by atoms with E-state index in [0.29, 0.717) is 26.3 Å². The molecule has 230 valence electrons. The van der Waals surface area contributed by atoms with Crippen molar-refractivity contribution in [3.05, 3.63) is 41.0 Å². The Kier molecular flexibility index (Phi) is 6.83. The van der Waals surface area contributed by atoms with E-state index in [2.05, 4.69) is 15.3 Å². The summed E-state index contributed by atoms with van der Waals surface area (Å²) >= 11 is 0.718. The van der Waals surface area contributed by atoms with Gasteiger partial charge in [-0.1, -0.05) is 13.0 Å². The number of aromatic nitrogens is 2. The average molecular weight is 631 g/mol. The Morgan fingerprint density at radius 1 is 1.20 bits per heavy atom. The first-order chi connectivity index (χ1) is 21.0. The normalized spacial score (nSPS) is 21.1. The lowest BCUT2D eigenvalue weighted by Crippen LogP contribution is -2.51. The number of anilines is 2. The zero-order valence-corrected chi connectivity index (χ0v) is 24.3. The van der Waals surface area contributed by atoms with Crippen molar-refractivity contribution in [2.75, 3.05) is 43.5 Å². The molecule has 3 saturated heterocycles. The van der Waals surface area contributed by atoms with Gasteiger partial charge in [0, 0.05) is 41.5 Å². The standard InChI is InChI=1S/C30H27F5N6O2S/c1-2-29(11-42-12-29)13-43-28-39-24-17(27(40-28)41-9-14-3-4-15(10-41)38-14)7-19(30(33,34)35)22(23(24)32)16-5-6-20(31)25-21(16)18(8-36)26(37)44-25/h5-7,14-15,38H,2-4,9-13,37H2,1H3. The number of nitrogens with one attached hydrogen (secondary N) is 1. The van der Waals surface area contributed by atoms with Gasteiger partial charge in [0.05, 0.1) is 34.5 Å². The molecule has 2 unspecified atom stereocenters. The van der Waals surface area contributed by atoms with Crippen molar-refractivity contribution in [1.82, 2.24) is 15.3 Å². The van der Waals surface area contributed by atoms with Crippen LogP contribution in [-0.4, -0.2) is 55.0 Å². The van der Waals surface area contributed by atoms with Crippen molar-refractivity contribution in [2.24, 2.45) is 5.41 Å². The van der Waals surface area contributed by atoms with E-state index in [0.717, 1.165) is 48.8 Å². The van der Waals surface area contributed by atoms with Crippen LogP contribution in [0.5, 0.6) is 6.01 Å². The van der Waals surface area contributed by atoms with Gasteiger partial charge in [0.25, 0.3) is 0 Å². The van der Waals surface area contributed by atoms with Gasteiger partial charge in [-0.15, -0.1) is 11.3 Å². The Morgan fingerprint density at radius 3 is 2.55 bits per heavy atom. The van der Waals surface area contributed by atoms with Gasteiger partial charge in [0.2, 0.25) is 0 Å². The summed E-state index contributed by atoms with van der Waals surface area (Å²) < 4.78 is 87.3. The molecule has 0 spiro atoms. The summed E-state index contributed by atoms with van der Waals surface area (Å²) in [6, 6.07) is 4.74. The molecule has 0 saturated carbocycles. The van der Waals surface area contributed by atoms with Gasteiger partial charge >= 0.3 is 12.2 Å². The number of hydrogen-bond acceptors (Lipinski definition) is 9. The summed E-state index contributed by atoms with van der Waals surface area (Å²) in [5.41, 5.74) is 2.64. The molecule has 0 radical (unpaired) electrons. The number of nitrogen functional groups attached to an aromatic ring is 1. The number of halogens is 5. The zero-order chi connectivity index (χ0) is 31.0. The second-order valence-corrected chi connectivity index (χ2v) is 12.8. The number of hydrogen-bond donors (Lipinski definition) is 2. The topological polar surface area (TPSA) is 109 Å². The van der Waals surface area contributed by atoms with Crippen molar-refractivity contribution < 1.29 is 31.4 Å². The Labute approximate surface area is 252 Å². The molecule has 2 aromatic carbocycles. The van der Waals surface area contributed by atoms with Crippen LogP contribution in [0.1, 0.15) is 37.3 Å². The number of piperazine rings is 1. The summed E-state index contributed by atoms with van der Waals surface area (Å²) in [5, 5.41) is 12.9. The molecular weight excluding hydrogens is 603 g/mol. The summed E-state index contributed by atoms with van der Waals surface area (Å²) in [6.45, 7) is 4.08. The van der Waals surface area contributed by atoms with Crippen LogP contribution in [0.4, 0.5) is 32.8 Å². The molecule has 7 rings (SSSR count). The first kappa shape index (κ1) is 28.9. The van der Waals surface area contributed by atoms with E-state index in [4.69, 9.17) is 15.2 Å². The number of nitrogens with two attached hydrogens (primary N) is 1. The van der Waals surface area contributed by atoms with E-state index >= 15 is 4.39 Å². The van der Waals surface area contributed by atoms with E-state index in [9.17, 15) is 22.8 Å². The largest absolute Gasteiger partial charge is 0.463 e. The van der Waals surface area contributed by atoms with Gasteiger partial charge < -0.3 is 25.4 Å². The highest BCUT2D eigenvalue weighted by atomic mass is 32.1. The quantitative estimate of drug-likeness (QED) is 0.250. The number of benzene rings is 2. The maximum Gasteiger partial charge on any atom is 0.417 e. The van der Waals surface area contributed by atoms with Crippen molar-refractivity contribution in [2.45, 2.75) is 44.4 Å². The lowest BCUT2D eigenvalue weighted by atomic mass is 9.84. The highest BCUT2D eigenvalue weighted by molar-refractivity contribution is 7.23. The maximum atomic E-state index is 16.8. The highest BCUT2D eigenvalue weighted by Crippen LogP contribution is 2.48. The first-order valence-electron chi connectivity index (χ1n) is 14.3. The van der Waals surface area contributed by atoms with E-state index in [-0.39, 0.29) is 73.1 Å². The van der Waals surface area contributed by atoms with Crippen LogP contribution in [0.15, 0.2) is 18.2 Å². The van der Waals surface area contributed by atoms with Gasteiger partial charge in [0.1, 0.15) is 34.8 Å². The molecule has 3 aliphatic heterocycles. The third-order valence-electron chi connectivity index (χ3n) is 8.99. The van der Waals surface area contributed by atoms with Crippen molar-refractivity contribution in [3.63, 3.8) is 0 Å². The molecular formula is C30H27F5N6O2S. The minimum Gasteiger partial charge on any atom is -0.463 e. The van der Waals surface area contributed by atoms with Crippen LogP contribution < -0.4 is 20.7 Å². The number of nitriles is 1. The molecule has 3 fully saturated rings. The molecule has 2 atom stereocenters. The second-order valence-electron chi connectivity index (χ2n) is 11.8. The minimum absolute atomic E-state index is 0.0814. The average Bonchev–Trinajstić information content (AvgIpc) is 3.50. The Morgan fingerprint density at radius 2 is 1.93 bits per heavy atom. The number of alkyl halides is 3. The molecule has 2 aromatic heterocycles. The number of ether oxygens (including phenoxy) is 2. The number of fused-ring (bicyclic) bond motifs is 4. The number of rotatable bonds is 6. The van der Waals surface area contributed by atoms with Crippen LogP contribution in [0.2, 0.25) is 0 Å². The molecule has 4 aromatic rings. The van der Waals surface area contributed by atoms with E-state index in [1.54, 1.807) is 0 Å². The monoisotopic (exact) mass is 630 g/mol. The smallest absolute Gasteiger partial charge is 0.417 e. The first-order valence-corrected chi connectivity index (χ1v) is 15.1. The minimum atomic E-state index is -5.02. The fourth-order valence-electron chi connectivity index (χ4n) is 6.46. The van der Waals surface area contributed by atoms with Crippen LogP contribution in [0, 0.1) is 28.4 Å². The van der Waals surface area contributed by atoms with E-state index in [1.807, 2.05) is 17.9 Å². The predicted molar refractivity (Wildman–Crippen MR) is 156 cm³/mol. The lowest BCUT2D eigenvalue weighted by Gasteiger charge is -2.40. The number of thiophene rings is 1. The Bertz CT molecular complexity index is 1830. The molecule has 8 nitrogen and oxygen atoms in total. The zero-order valence-electron chi connectivity index (χ0n) is 23.5. The predicted octanol–water partition coefficient (Wildman–Crippen LogP) is 6.01. The van der Waals surface area contributed by atoms with Crippen LogP contribution >= 0.6 is 11.3 Å². The molecule has 2 bridgehead atoms. The van der Waals surface area contributed by atoms with Crippen molar-refractivity contribution >= 4 is 43.1 Å². The van der Waals surface area contributed by atoms with E-state index < -0.39 is 28.9 Å². The summed E-state index contributed by atoms with van der Waals surface area (Å²) in [5.74, 6) is -1.91. The second kappa shape index (κ2) is 10.4. The number of nitrogens with zero attached hydrogens (tertiary/aromatic N) is 4. The molecule has 5 heterocycles. The lowest BCUT2D eigenvalue weighted by molar-refractivity contribution is -0.137. The molecule has 14 heteroatoms. The molecule has 0 aliphatic carbocycles. The van der Waals surface area contributed by atoms with Gasteiger partial charge in [-0.25, -0.2) is 8.78 Å². The fourth-order valence-corrected chi connectivity index (χ4v) is 7.41. The van der Waals surface area contributed by atoms with Gasteiger partial charge in [-0.3, -0.25) is 0 Å². The third kappa shape index (κ3) is 4.60. The van der Waals surface area contributed by atoms with Crippen LogP contribution in [0.3, 0.4) is 0 Å². The van der Waals surface area contributed by atoms with Crippen molar-refractivity contribution in [3.8, 4) is 23.2 Å². The highest BCUT2D eigenvalue weighted by Gasteiger charge is 2.41. The van der Waals surface area contributed by atoms with Gasteiger partial charge in [0.15, 0.2) is 5.82 Å². The van der Waals surface area contributed by atoms with Crippen LogP contribution in [0.25, 0.3) is 32.1 Å². The molecule has 44 heavy (non-hydrogen) atoms. The molecule has 3 N–H and O–H groups in total. The van der Waals surface area contributed by atoms with Gasteiger partial charge in [-0.2, -0.15) is 28.4 Å². The molecule has 0 amide bonds. The van der Waals surface area contributed by atoms with Crippen molar-refractivity contribution in [1.29, 1.82) is 5.26 Å². The summed E-state index contributed by atoms with van der Waals surface area (Å²) in [6.07, 6.45) is -2.45. The molecule has 3 aliphatic rings. The SMILES string of the molecule is CCC1(COc2nc(N3CC4CCC(C3)N4)c3cc(C(F)(F)F)c(-c4ccc(F)c5sc(N)c(C#N)c45)c(F)c3n2)COC1. The Hall–Kier alpha value is -3.80. The summed E-state index contributed by atoms with van der Waals surface area (Å²) in [4.78, 5) is 10.7. The van der Waals surface area contributed by atoms with Crippen LogP contribution in [-0.2, 0) is 10.9 Å².